The van der Waals surface area contributed by atoms with Crippen molar-refractivity contribution in [1.82, 2.24) is 19.9 Å². The summed E-state index contributed by atoms with van der Waals surface area (Å²) in [7, 11) is -3.80. The summed E-state index contributed by atoms with van der Waals surface area (Å²) in [6.07, 6.45) is 1.35. The first kappa shape index (κ1) is 26.3. The summed E-state index contributed by atoms with van der Waals surface area (Å²) in [6, 6.07) is 18.0. The molecule has 11 heteroatoms. The average Bonchev–Trinajstić information content (AvgIpc) is 3.29. The van der Waals surface area contributed by atoms with E-state index in [1.54, 1.807) is 54.9 Å². The summed E-state index contributed by atoms with van der Waals surface area (Å²) in [5.41, 5.74) is 1.45. The fourth-order valence-electron chi connectivity index (χ4n) is 3.90. The van der Waals surface area contributed by atoms with E-state index in [4.69, 9.17) is 5.11 Å². The standard InChI is InChI=1S/C26H29N5O5S/c1-26(2,14-15-31-17-27-24-22(31)13-12-21(29-24)25(33)34)28-16-23(32)19-10-6-7-11-20(19)30-37(35,36)18-8-4-3-5-9-18/h3-13,17,23,28,30,32H,14-16H2,1-2H3,(H,33,34). The van der Waals surface area contributed by atoms with Gasteiger partial charge in [0.2, 0.25) is 0 Å². The highest BCUT2D eigenvalue weighted by molar-refractivity contribution is 7.92. The maximum absolute atomic E-state index is 12.8. The number of fused-ring (bicyclic) bond motifs is 1. The zero-order chi connectivity index (χ0) is 26.6. The van der Waals surface area contributed by atoms with Gasteiger partial charge in [-0.3, -0.25) is 4.72 Å². The van der Waals surface area contributed by atoms with Crippen molar-refractivity contribution >= 4 is 32.8 Å². The number of imidazole rings is 1. The van der Waals surface area contributed by atoms with Crippen LogP contribution in [0.15, 0.2) is 78.0 Å². The molecular weight excluding hydrogens is 494 g/mol. The summed E-state index contributed by atoms with van der Waals surface area (Å²) in [6.45, 7) is 4.80. The number of nitrogens with one attached hydrogen (secondary N) is 2. The lowest BCUT2D eigenvalue weighted by Crippen LogP contribution is -2.42. The van der Waals surface area contributed by atoms with Gasteiger partial charge in [0, 0.05) is 24.2 Å². The number of carboxylic acid groups (broad SMARTS) is 1. The van der Waals surface area contributed by atoms with Gasteiger partial charge < -0.3 is 20.1 Å². The molecule has 0 aliphatic carbocycles. The smallest absolute Gasteiger partial charge is 0.354 e. The van der Waals surface area contributed by atoms with Crippen molar-refractivity contribution in [1.29, 1.82) is 0 Å². The van der Waals surface area contributed by atoms with E-state index in [1.807, 2.05) is 18.4 Å². The minimum absolute atomic E-state index is 0.0555. The maximum atomic E-state index is 12.8. The second-order valence-corrected chi connectivity index (χ2v) is 11.0. The molecule has 0 bridgehead atoms. The van der Waals surface area contributed by atoms with Crippen molar-refractivity contribution in [2.24, 2.45) is 0 Å². The monoisotopic (exact) mass is 523 g/mol. The zero-order valence-corrected chi connectivity index (χ0v) is 21.3. The van der Waals surface area contributed by atoms with Crippen molar-refractivity contribution < 1.29 is 23.4 Å². The van der Waals surface area contributed by atoms with Crippen LogP contribution in [-0.4, -0.2) is 51.2 Å². The van der Waals surface area contributed by atoms with Crippen LogP contribution in [0.2, 0.25) is 0 Å². The van der Waals surface area contributed by atoms with Crippen LogP contribution in [0.3, 0.4) is 0 Å². The predicted octanol–water partition coefficient (Wildman–Crippen LogP) is 3.42. The maximum Gasteiger partial charge on any atom is 0.354 e. The van der Waals surface area contributed by atoms with E-state index in [-0.39, 0.29) is 22.7 Å². The Morgan fingerprint density at radius 2 is 1.76 bits per heavy atom. The SMILES string of the molecule is CC(C)(CCn1cnc2nc(C(=O)O)ccc21)NCC(O)c1ccccc1NS(=O)(=O)c1ccccc1. The first-order valence-electron chi connectivity index (χ1n) is 11.7. The molecule has 1 unspecified atom stereocenters. The van der Waals surface area contributed by atoms with Crippen LogP contribution in [0.25, 0.3) is 11.2 Å². The molecule has 0 amide bonds. The Bertz CT molecular complexity index is 1500. The topological polar surface area (TPSA) is 146 Å². The van der Waals surface area contributed by atoms with Gasteiger partial charge in [0.25, 0.3) is 10.0 Å². The van der Waals surface area contributed by atoms with Gasteiger partial charge in [0.1, 0.15) is 0 Å². The van der Waals surface area contributed by atoms with E-state index in [2.05, 4.69) is 20.0 Å². The number of aromatic nitrogens is 3. The van der Waals surface area contributed by atoms with E-state index in [1.165, 1.54) is 18.2 Å². The quantitative estimate of drug-likeness (QED) is 0.234. The number of aryl methyl sites for hydroxylation is 1. The summed E-state index contributed by atoms with van der Waals surface area (Å²) < 4.78 is 30.1. The van der Waals surface area contributed by atoms with Crippen molar-refractivity contribution in [3.05, 3.63) is 84.3 Å². The van der Waals surface area contributed by atoms with Crippen LogP contribution in [0.5, 0.6) is 0 Å². The Labute approximate surface area is 215 Å². The Balaban J connectivity index is 1.40. The number of rotatable bonds is 11. The number of pyridine rings is 1. The normalized spacial score (nSPS) is 12.9. The number of carbonyl (C=O) groups is 1. The van der Waals surface area contributed by atoms with E-state index >= 15 is 0 Å². The molecule has 4 rings (SSSR count). The molecule has 4 aromatic rings. The molecule has 2 aromatic carbocycles. The molecule has 2 aromatic heterocycles. The number of para-hydroxylation sites is 1. The third kappa shape index (κ3) is 6.31. The molecule has 0 spiro atoms. The number of benzene rings is 2. The van der Waals surface area contributed by atoms with Gasteiger partial charge in [-0.05, 0) is 50.6 Å². The number of aromatic carboxylic acids is 1. The summed E-state index contributed by atoms with van der Waals surface area (Å²) in [5, 5.41) is 23.4. The van der Waals surface area contributed by atoms with E-state index < -0.39 is 22.1 Å². The van der Waals surface area contributed by atoms with Crippen LogP contribution in [0.1, 0.15) is 42.4 Å². The molecule has 10 nitrogen and oxygen atoms in total. The minimum atomic E-state index is -3.80. The van der Waals surface area contributed by atoms with Gasteiger partial charge in [0.05, 0.1) is 28.5 Å². The van der Waals surface area contributed by atoms with Crippen LogP contribution in [-0.2, 0) is 16.6 Å². The summed E-state index contributed by atoms with van der Waals surface area (Å²) in [4.78, 5) is 19.5. The number of β-amino-alcohol motifs (C(OH)–C–C–N with tert-alkyl or cyclic N) is 1. The second-order valence-electron chi connectivity index (χ2n) is 9.32. The van der Waals surface area contributed by atoms with Crippen LogP contribution in [0.4, 0.5) is 5.69 Å². The molecule has 0 aliphatic heterocycles. The highest BCUT2D eigenvalue weighted by Gasteiger charge is 2.23. The predicted molar refractivity (Wildman–Crippen MR) is 140 cm³/mol. The van der Waals surface area contributed by atoms with E-state index in [0.29, 0.717) is 29.9 Å². The van der Waals surface area contributed by atoms with Crippen LogP contribution < -0.4 is 10.0 Å². The number of aliphatic hydroxyl groups is 1. The third-order valence-electron chi connectivity index (χ3n) is 6.07. The second kappa shape index (κ2) is 10.7. The van der Waals surface area contributed by atoms with E-state index in [0.717, 1.165) is 5.52 Å². The molecule has 0 saturated heterocycles. The van der Waals surface area contributed by atoms with Gasteiger partial charge in [-0.25, -0.2) is 23.2 Å². The Morgan fingerprint density at radius 3 is 2.49 bits per heavy atom. The molecule has 37 heavy (non-hydrogen) atoms. The zero-order valence-electron chi connectivity index (χ0n) is 20.5. The van der Waals surface area contributed by atoms with Crippen molar-refractivity contribution in [3.8, 4) is 0 Å². The molecule has 0 radical (unpaired) electrons. The van der Waals surface area contributed by atoms with Crippen molar-refractivity contribution in [2.75, 3.05) is 11.3 Å². The lowest BCUT2D eigenvalue weighted by molar-refractivity contribution is 0.0691. The van der Waals surface area contributed by atoms with Gasteiger partial charge in [-0.1, -0.05) is 36.4 Å². The molecule has 1 atom stereocenters. The number of aliphatic hydroxyl groups excluding tert-OH is 1. The highest BCUT2D eigenvalue weighted by atomic mass is 32.2. The Kier molecular flexibility index (Phi) is 7.58. The van der Waals surface area contributed by atoms with Crippen molar-refractivity contribution in [3.63, 3.8) is 0 Å². The summed E-state index contributed by atoms with van der Waals surface area (Å²) in [5.74, 6) is -1.10. The van der Waals surface area contributed by atoms with Crippen molar-refractivity contribution in [2.45, 2.75) is 43.4 Å². The first-order chi connectivity index (χ1) is 17.6. The van der Waals surface area contributed by atoms with Gasteiger partial charge >= 0.3 is 5.97 Å². The fraction of sp³-hybridized carbons (Fsp3) is 0.269. The lowest BCUT2D eigenvalue weighted by atomic mass is 9.99. The number of hydrogen-bond acceptors (Lipinski definition) is 7. The largest absolute Gasteiger partial charge is 0.477 e. The Morgan fingerprint density at radius 1 is 1.05 bits per heavy atom. The molecule has 0 fully saturated rings. The molecular formula is C26H29N5O5S. The molecule has 194 valence electrons. The van der Waals surface area contributed by atoms with Crippen LogP contribution >= 0.6 is 0 Å². The number of hydrogen-bond donors (Lipinski definition) is 4. The lowest BCUT2D eigenvalue weighted by Gasteiger charge is -2.28. The number of sulfonamides is 1. The number of nitrogens with zero attached hydrogens (tertiary/aromatic N) is 3. The minimum Gasteiger partial charge on any atom is -0.477 e. The van der Waals surface area contributed by atoms with Gasteiger partial charge in [0.15, 0.2) is 11.3 Å². The first-order valence-corrected chi connectivity index (χ1v) is 13.2. The van der Waals surface area contributed by atoms with E-state index in [9.17, 15) is 18.3 Å². The molecule has 0 aliphatic rings. The van der Waals surface area contributed by atoms with Crippen LogP contribution in [0, 0.1) is 0 Å². The number of anilines is 1. The number of carboxylic acids is 1. The fourth-order valence-corrected chi connectivity index (χ4v) is 5.01. The van der Waals surface area contributed by atoms with Gasteiger partial charge in [-0.15, -0.1) is 0 Å². The molecule has 4 N–H and O–H groups in total. The Hall–Kier alpha value is -3.80. The third-order valence-corrected chi connectivity index (χ3v) is 7.45. The molecule has 0 saturated carbocycles. The van der Waals surface area contributed by atoms with Gasteiger partial charge in [-0.2, -0.15) is 0 Å². The average molecular weight is 524 g/mol. The summed E-state index contributed by atoms with van der Waals surface area (Å²) >= 11 is 0. The highest BCUT2D eigenvalue weighted by Crippen LogP contribution is 2.26. The molecule has 2 heterocycles.